The predicted octanol–water partition coefficient (Wildman–Crippen LogP) is 3.94. The van der Waals surface area contributed by atoms with Crippen LogP contribution >= 0.6 is 15.9 Å². The molecule has 1 saturated carbocycles. The second-order valence-corrected chi connectivity index (χ2v) is 6.53. The van der Waals surface area contributed by atoms with Crippen LogP contribution in [-0.2, 0) is 13.5 Å². The van der Waals surface area contributed by atoms with Gasteiger partial charge in [-0.2, -0.15) is 0 Å². The van der Waals surface area contributed by atoms with Crippen molar-refractivity contribution in [1.82, 2.24) is 9.55 Å². The highest BCUT2D eigenvalue weighted by molar-refractivity contribution is 9.09. The summed E-state index contributed by atoms with van der Waals surface area (Å²) < 4.78 is 2.14. The maximum Gasteiger partial charge on any atom is 0.108 e. The van der Waals surface area contributed by atoms with Crippen LogP contribution in [-0.4, -0.2) is 14.4 Å². The van der Waals surface area contributed by atoms with E-state index >= 15 is 0 Å². The van der Waals surface area contributed by atoms with E-state index in [0.717, 1.165) is 23.1 Å². The number of hydrogen-bond donors (Lipinski definition) is 0. The Labute approximate surface area is 113 Å². The van der Waals surface area contributed by atoms with Crippen LogP contribution in [0.4, 0.5) is 0 Å². The van der Waals surface area contributed by atoms with Crippen LogP contribution in [0.1, 0.15) is 44.9 Å². The second kappa shape index (κ2) is 6.03. The number of rotatable bonds is 4. The van der Waals surface area contributed by atoms with Crippen LogP contribution in [0.15, 0.2) is 12.4 Å². The molecule has 17 heavy (non-hydrogen) atoms. The molecule has 0 amide bonds. The first-order valence-electron chi connectivity index (χ1n) is 6.81. The van der Waals surface area contributed by atoms with E-state index in [1.807, 2.05) is 12.4 Å². The molecule has 2 nitrogen and oxygen atoms in total. The fraction of sp³-hybridized carbons (Fsp3) is 0.786. The zero-order chi connectivity index (χ0) is 12.3. The van der Waals surface area contributed by atoms with Gasteiger partial charge in [-0.15, -0.1) is 0 Å². The molecule has 3 unspecified atom stereocenters. The molecule has 1 heterocycles. The Hall–Kier alpha value is -0.310. The Kier molecular flexibility index (Phi) is 4.66. The summed E-state index contributed by atoms with van der Waals surface area (Å²) in [5.41, 5.74) is 0. The number of hydrogen-bond acceptors (Lipinski definition) is 1. The second-order valence-electron chi connectivity index (χ2n) is 5.36. The van der Waals surface area contributed by atoms with Gasteiger partial charge < -0.3 is 4.57 Å². The summed E-state index contributed by atoms with van der Waals surface area (Å²) >= 11 is 3.87. The van der Waals surface area contributed by atoms with Gasteiger partial charge in [-0.1, -0.05) is 29.3 Å². The Morgan fingerprint density at radius 3 is 2.94 bits per heavy atom. The van der Waals surface area contributed by atoms with Crippen LogP contribution in [0.25, 0.3) is 0 Å². The van der Waals surface area contributed by atoms with Crippen molar-refractivity contribution in [2.75, 3.05) is 0 Å². The predicted molar refractivity (Wildman–Crippen MR) is 75.4 cm³/mol. The van der Waals surface area contributed by atoms with Crippen LogP contribution in [0.3, 0.4) is 0 Å². The number of nitrogens with zero attached hydrogens (tertiary/aromatic N) is 2. The van der Waals surface area contributed by atoms with Crippen molar-refractivity contribution < 1.29 is 0 Å². The van der Waals surface area contributed by atoms with Gasteiger partial charge in [0, 0.05) is 30.7 Å². The fourth-order valence-corrected chi connectivity index (χ4v) is 3.69. The highest BCUT2D eigenvalue weighted by Gasteiger charge is 2.27. The molecule has 0 spiro atoms. The van der Waals surface area contributed by atoms with E-state index in [2.05, 4.69) is 39.5 Å². The summed E-state index contributed by atoms with van der Waals surface area (Å²) in [7, 11) is 2.09. The molecule has 1 aromatic heterocycles. The Balaban J connectivity index is 1.87. The summed E-state index contributed by atoms with van der Waals surface area (Å²) in [4.78, 5) is 5.14. The highest BCUT2D eigenvalue weighted by Crippen LogP contribution is 2.37. The molecular formula is C14H23BrN2. The van der Waals surface area contributed by atoms with Gasteiger partial charge in [-0.3, -0.25) is 0 Å². The van der Waals surface area contributed by atoms with E-state index in [1.165, 1.54) is 37.9 Å². The van der Waals surface area contributed by atoms with Crippen molar-refractivity contribution in [3.05, 3.63) is 18.2 Å². The van der Waals surface area contributed by atoms with Crippen LogP contribution in [0, 0.1) is 11.8 Å². The third-order valence-electron chi connectivity index (χ3n) is 4.24. The summed E-state index contributed by atoms with van der Waals surface area (Å²) in [6.07, 6.45) is 11.8. The van der Waals surface area contributed by atoms with Gasteiger partial charge in [0.25, 0.3) is 0 Å². The lowest BCUT2D eigenvalue weighted by Crippen LogP contribution is -2.25. The highest BCUT2D eigenvalue weighted by atomic mass is 79.9. The largest absolute Gasteiger partial charge is 0.338 e. The lowest BCUT2D eigenvalue weighted by molar-refractivity contribution is 0.260. The average molecular weight is 299 g/mol. The van der Waals surface area contributed by atoms with Gasteiger partial charge in [0.05, 0.1) is 0 Å². The molecule has 0 N–H and O–H groups in total. The Morgan fingerprint density at radius 1 is 1.47 bits per heavy atom. The molecule has 0 radical (unpaired) electrons. The molecule has 1 fully saturated rings. The van der Waals surface area contributed by atoms with Crippen molar-refractivity contribution >= 4 is 15.9 Å². The number of imidazole rings is 1. The van der Waals surface area contributed by atoms with Gasteiger partial charge in [-0.25, -0.2) is 4.98 Å². The summed E-state index contributed by atoms with van der Waals surface area (Å²) in [5.74, 6) is 3.02. The van der Waals surface area contributed by atoms with Crippen molar-refractivity contribution in [2.24, 2.45) is 18.9 Å². The minimum Gasteiger partial charge on any atom is -0.338 e. The van der Waals surface area contributed by atoms with Gasteiger partial charge in [0.1, 0.15) is 5.82 Å². The first kappa shape index (κ1) is 13.1. The lowest BCUT2D eigenvalue weighted by atomic mass is 9.78. The summed E-state index contributed by atoms with van der Waals surface area (Å²) in [6, 6.07) is 0. The molecule has 1 aliphatic rings. The molecule has 96 valence electrons. The molecular weight excluding hydrogens is 276 g/mol. The lowest BCUT2D eigenvalue weighted by Gasteiger charge is -2.32. The van der Waals surface area contributed by atoms with Gasteiger partial charge in [0.15, 0.2) is 0 Å². The van der Waals surface area contributed by atoms with Crippen molar-refractivity contribution in [2.45, 2.75) is 50.3 Å². The van der Waals surface area contributed by atoms with Crippen molar-refractivity contribution in [1.29, 1.82) is 0 Å². The van der Waals surface area contributed by atoms with Crippen LogP contribution < -0.4 is 0 Å². The number of aryl methyl sites for hydroxylation is 2. The molecule has 0 saturated heterocycles. The zero-order valence-corrected chi connectivity index (χ0v) is 12.5. The van der Waals surface area contributed by atoms with E-state index in [0.29, 0.717) is 0 Å². The first-order chi connectivity index (χ1) is 8.20. The number of alkyl halides is 1. The molecule has 0 aromatic carbocycles. The minimum atomic E-state index is 0.727. The average Bonchev–Trinajstić information content (AvgIpc) is 2.74. The molecule has 3 heteroatoms. The Morgan fingerprint density at radius 2 is 2.29 bits per heavy atom. The van der Waals surface area contributed by atoms with Crippen molar-refractivity contribution in [3.8, 4) is 0 Å². The maximum absolute atomic E-state index is 4.41. The molecule has 0 aliphatic heterocycles. The van der Waals surface area contributed by atoms with Gasteiger partial charge >= 0.3 is 0 Å². The SMILES string of the molecule is CCC1CCC(Br)C(CCc2nccn2C)C1. The van der Waals surface area contributed by atoms with Gasteiger partial charge in [-0.05, 0) is 37.5 Å². The van der Waals surface area contributed by atoms with Crippen LogP contribution in [0.2, 0.25) is 0 Å². The van der Waals surface area contributed by atoms with E-state index < -0.39 is 0 Å². The molecule has 3 atom stereocenters. The smallest absolute Gasteiger partial charge is 0.108 e. The monoisotopic (exact) mass is 298 g/mol. The molecule has 0 bridgehead atoms. The third-order valence-corrected chi connectivity index (χ3v) is 5.44. The number of aromatic nitrogens is 2. The standard InChI is InChI=1S/C14H23BrN2/c1-3-11-4-6-13(15)12(10-11)5-7-14-16-8-9-17(14)2/h8-9,11-13H,3-7,10H2,1-2H3. The zero-order valence-electron chi connectivity index (χ0n) is 10.9. The summed E-state index contributed by atoms with van der Waals surface area (Å²) in [5, 5.41) is 0. The van der Waals surface area contributed by atoms with E-state index in [4.69, 9.17) is 0 Å². The first-order valence-corrected chi connectivity index (χ1v) is 7.72. The third kappa shape index (κ3) is 3.34. The normalized spacial score (nSPS) is 29.5. The molecule has 2 rings (SSSR count). The molecule has 1 aliphatic carbocycles. The Bertz CT molecular complexity index is 348. The maximum atomic E-state index is 4.41. The fourth-order valence-electron chi connectivity index (χ4n) is 2.95. The minimum absolute atomic E-state index is 0.727. The summed E-state index contributed by atoms with van der Waals surface area (Å²) in [6.45, 7) is 2.33. The number of halogens is 1. The van der Waals surface area contributed by atoms with Crippen molar-refractivity contribution in [3.63, 3.8) is 0 Å². The van der Waals surface area contributed by atoms with E-state index in [-0.39, 0.29) is 0 Å². The quantitative estimate of drug-likeness (QED) is 0.770. The van der Waals surface area contributed by atoms with Crippen LogP contribution in [0.5, 0.6) is 0 Å². The van der Waals surface area contributed by atoms with E-state index in [9.17, 15) is 0 Å². The molecule has 1 aromatic rings. The van der Waals surface area contributed by atoms with Gasteiger partial charge in [0.2, 0.25) is 0 Å². The van der Waals surface area contributed by atoms with E-state index in [1.54, 1.807) is 0 Å². The topological polar surface area (TPSA) is 17.8 Å².